The molecule has 0 aliphatic carbocycles. The van der Waals surface area contributed by atoms with Crippen molar-refractivity contribution < 1.29 is 0 Å². The summed E-state index contributed by atoms with van der Waals surface area (Å²) >= 11 is 0. The molecule has 0 saturated carbocycles. The molecule has 2 heteroatoms. The van der Waals surface area contributed by atoms with Gasteiger partial charge in [-0.1, -0.05) is 20.8 Å². The van der Waals surface area contributed by atoms with Crippen LogP contribution in [0.25, 0.3) is 0 Å². The summed E-state index contributed by atoms with van der Waals surface area (Å²) in [6.45, 7) is 8.18. The summed E-state index contributed by atoms with van der Waals surface area (Å²) in [7, 11) is 0. The van der Waals surface area contributed by atoms with Crippen molar-refractivity contribution in [1.29, 1.82) is 0 Å². The lowest BCUT2D eigenvalue weighted by Gasteiger charge is -2.15. The minimum atomic E-state index is 0.134. The van der Waals surface area contributed by atoms with Crippen molar-refractivity contribution in [3.05, 3.63) is 0 Å². The molecule has 0 aliphatic heterocycles. The standard InChI is InChI=1S/C6H14N2/c1-5(8-7)6(2,3)4/h7H2,1-4H3/b8-5-. The maximum Gasteiger partial charge on any atom is 0.0398 e. The minimum absolute atomic E-state index is 0.134. The maximum absolute atomic E-state index is 5.05. The largest absolute Gasteiger partial charge is 0.323 e. The molecule has 0 atom stereocenters. The molecule has 8 heavy (non-hydrogen) atoms. The highest BCUT2D eigenvalue weighted by Gasteiger charge is 2.12. The second-order valence-corrected chi connectivity index (χ2v) is 2.96. The summed E-state index contributed by atoms with van der Waals surface area (Å²) < 4.78 is 0. The first-order chi connectivity index (χ1) is 3.48. The summed E-state index contributed by atoms with van der Waals surface area (Å²) in [5, 5.41) is 3.58. The highest BCUT2D eigenvalue weighted by Crippen LogP contribution is 2.14. The molecule has 0 saturated heterocycles. The zero-order valence-corrected chi connectivity index (χ0v) is 6.02. The molecule has 0 aromatic heterocycles. The second-order valence-electron chi connectivity index (χ2n) is 2.96. The molecular weight excluding hydrogens is 100 g/mol. The van der Waals surface area contributed by atoms with Crippen molar-refractivity contribution in [2.75, 3.05) is 0 Å². The van der Waals surface area contributed by atoms with Gasteiger partial charge >= 0.3 is 0 Å². The molecule has 0 rings (SSSR count). The van der Waals surface area contributed by atoms with Gasteiger partial charge in [0.1, 0.15) is 0 Å². The fourth-order valence-corrected chi connectivity index (χ4v) is 0.194. The Hall–Kier alpha value is -0.530. The molecule has 0 aromatic rings. The van der Waals surface area contributed by atoms with Crippen LogP contribution in [0.2, 0.25) is 0 Å². The lowest BCUT2D eigenvalue weighted by molar-refractivity contribution is 0.585. The van der Waals surface area contributed by atoms with Gasteiger partial charge in [0.2, 0.25) is 0 Å². The monoisotopic (exact) mass is 114 g/mol. The van der Waals surface area contributed by atoms with Gasteiger partial charge in [-0.2, -0.15) is 5.10 Å². The average molecular weight is 114 g/mol. The minimum Gasteiger partial charge on any atom is -0.323 e. The summed E-state index contributed by atoms with van der Waals surface area (Å²) in [6, 6.07) is 0. The number of hydrazone groups is 1. The Kier molecular flexibility index (Phi) is 2.02. The Morgan fingerprint density at radius 2 is 1.75 bits per heavy atom. The quantitative estimate of drug-likeness (QED) is 0.288. The van der Waals surface area contributed by atoms with E-state index >= 15 is 0 Å². The first kappa shape index (κ1) is 7.47. The van der Waals surface area contributed by atoms with E-state index in [4.69, 9.17) is 5.84 Å². The molecule has 0 heterocycles. The van der Waals surface area contributed by atoms with E-state index in [1.165, 1.54) is 0 Å². The molecule has 0 radical (unpaired) electrons. The summed E-state index contributed by atoms with van der Waals surface area (Å²) in [6.07, 6.45) is 0. The fraction of sp³-hybridized carbons (Fsp3) is 0.833. The van der Waals surface area contributed by atoms with Crippen LogP contribution in [0, 0.1) is 5.41 Å². The van der Waals surface area contributed by atoms with Gasteiger partial charge in [0, 0.05) is 11.1 Å². The second kappa shape index (κ2) is 2.16. The van der Waals surface area contributed by atoms with Crippen molar-refractivity contribution in [2.45, 2.75) is 27.7 Å². The molecule has 2 N–H and O–H groups in total. The van der Waals surface area contributed by atoms with E-state index in [2.05, 4.69) is 25.9 Å². The van der Waals surface area contributed by atoms with Gasteiger partial charge < -0.3 is 5.84 Å². The van der Waals surface area contributed by atoms with Crippen molar-refractivity contribution in [3.63, 3.8) is 0 Å². The average Bonchev–Trinajstić information content (AvgIpc) is 1.62. The van der Waals surface area contributed by atoms with Gasteiger partial charge in [0.05, 0.1) is 0 Å². The highest BCUT2D eigenvalue weighted by molar-refractivity contribution is 5.86. The third kappa shape index (κ3) is 1.96. The van der Waals surface area contributed by atoms with E-state index in [1.54, 1.807) is 0 Å². The normalized spacial score (nSPS) is 14.2. The first-order valence-corrected chi connectivity index (χ1v) is 2.73. The van der Waals surface area contributed by atoms with Crippen molar-refractivity contribution in [2.24, 2.45) is 16.4 Å². The van der Waals surface area contributed by atoms with E-state index in [-0.39, 0.29) is 5.41 Å². The van der Waals surface area contributed by atoms with E-state index in [1.807, 2.05) is 6.92 Å². The van der Waals surface area contributed by atoms with E-state index in [9.17, 15) is 0 Å². The van der Waals surface area contributed by atoms with Gasteiger partial charge in [-0.05, 0) is 6.92 Å². The number of nitrogens with two attached hydrogens (primary N) is 1. The number of hydrogen-bond donors (Lipinski definition) is 1. The number of rotatable bonds is 0. The van der Waals surface area contributed by atoms with Crippen LogP contribution in [0.5, 0.6) is 0 Å². The third-order valence-corrected chi connectivity index (χ3v) is 1.28. The summed E-state index contributed by atoms with van der Waals surface area (Å²) in [5.74, 6) is 5.05. The van der Waals surface area contributed by atoms with Gasteiger partial charge in [-0.25, -0.2) is 0 Å². The van der Waals surface area contributed by atoms with Crippen LogP contribution in [-0.4, -0.2) is 5.71 Å². The highest BCUT2D eigenvalue weighted by atomic mass is 15.1. The lowest BCUT2D eigenvalue weighted by Crippen LogP contribution is -2.17. The molecule has 48 valence electrons. The Morgan fingerprint density at radius 3 is 1.75 bits per heavy atom. The smallest absolute Gasteiger partial charge is 0.0398 e. The van der Waals surface area contributed by atoms with E-state index in [0.717, 1.165) is 5.71 Å². The first-order valence-electron chi connectivity index (χ1n) is 2.73. The lowest BCUT2D eigenvalue weighted by atomic mass is 9.91. The molecular formula is C6H14N2. The Morgan fingerprint density at radius 1 is 1.38 bits per heavy atom. The molecule has 0 fully saturated rings. The van der Waals surface area contributed by atoms with Gasteiger partial charge in [-0.15, -0.1) is 0 Å². The molecule has 0 spiro atoms. The molecule has 0 amide bonds. The van der Waals surface area contributed by atoms with Crippen LogP contribution in [-0.2, 0) is 0 Å². The fourth-order valence-electron chi connectivity index (χ4n) is 0.194. The van der Waals surface area contributed by atoms with Crippen LogP contribution in [0.4, 0.5) is 0 Å². The van der Waals surface area contributed by atoms with Crippen LogP contribution in [0.1, 0.15) is 27.7 Å². The Labute approximate surface area is 50.8 Å². The van der Waals surface area contributed by atoms with Gasteiger partial charge in [0.15, 0.2) is 0 Å². The van der Waals surface area contributed by atoms with Crippen LogP contribution < -0.4 is 5.84 Å². The SMILES string of the molecule is C/C(=N/N)C(C)(C)C. The predicted molar refractivity (Wildman–Crippen MR) is 36.8 cm³/mol. The third-order valence-electron chi connectivity index (χ3n) is 1.28. The number of nitrogens with zero attached hydrogens (tertiary/aromatic N) is 1. The summed E-state index contributed by atoms with van der Waals surface area (Å²) in [4.78, 5) is 0. The van der Waals surface area contributed by atoms with Crippen LogP contribution in [0.15, 0.2) is 5.10 Å². The molecule has 2 nitrogen and oxygen atoms in total. The Balaban J connectivity index is 4.03. The van der Waals surface area contributed by atoms with Crippen molar-refractivity contribution in [3.8, 4) is 0 Å². The molecule has 0 aromatic carbocycles. The molecule has 0 aliphatic rings. The molecule has 0 bridgehead atoms. The van der Waals surface area contributed by atoms with Crippen molar-refractivity contribution >= 4 is 5.71 Å². The zero-order chi connectivity index (χ0) is 6.78. The topological polar surface area (TPSA) is 38.4 Å². The zero-order valence-electron chi connectivity index (χ0n) is 6.02. The summed E-state index contributed by atoms with van der Waals surface area (Å²) in [5.41, 5.74) is 1.12. The van der Waals surface area contributed by atoms with Crippen LogP contribution >= 0.6 is 0 Å². The maximum atomic E-state index is 5.05. The number of hydrogen-bond acceptors (Lipinski definition) is 2. The predicted octanol–water partition coefficient (Wildman–Crippen LogP) is 1.37. The van der Waals surface area contributed by atoms with E-state index in [0.29, 0.717) is 0 Å². The van der Waals surface area contributed by atoms with Gasteiger partial charge in [0.25, 0.3) is 0 Å². The van der Waals surface area contributed by atoms with Gasteiger partial charge in [-0.3, -0.25) is 0 Å². The van der Waals surface area contributed by atoms with E-state index < -0.39 is 0 Å². The van der Waals surface area contributed by atoms with Crippen molar-refractivity contribution in [1.82, 2.24) is 0 Å². The van der Waals surface area contributed by atoms with Crippen LogP contribution in [0.3, 0.4) is 0 Å². The Bertz CT molecular complexity index is 97.6. The molecule has 0 unspecified atom stereocenters.